The fourth-order valence-electron chi connectivity index (χ4n) is 1.73. The topological polar surface area (TPSA) is 125 Å². The molecule has 0 saturated carbocycles. The summed E-state index contributed by atoms with van der Waals surface area (Å²) < 4.78 is 5.02. The minimum atomic E-state index is -0.463. The highest BCUT2D eigenvalue weighted by Crippen LogP contribution is 2.00. The molecule has 0 saturated heterocycles. The van der Waals surface area contributed by atoms with Crippen LogP contribution in [0.3, 0.4) is 0 Å². The molecule has 1 heterocycles. The molecule has 0 fully saturated rings. The number of nitrogens with zero attached hydrogens (tertiary/aromatic N) is 1. The third-order valence-corrected chi connectivity index (χ3v) is 2.68. The number of alkyl carbamates (subject to hydrolysis) is 1. The van der Waals surface area contributed by atoms with Crippen LogP contribution in [0, 0.1) is 6.92 Å². The van der Waals surface area contributed by atoms with Crippen LogP contribution >= 0.6 is 0 Å². The summed E-state index contributed by atoms with van der Waals surface area (Å²) in [5.41, 5.74) is -0.148. The maximum atomic E-state index is 11.7. The molecule has 4 N–H and O–H groups in total. The first kappa shape index (κ1) is 19.5. The Bertz CT molecular complexity index is 621. The molecule has 24 heavy (non-hydrogen) atoms. The van der Waals surface area contributed by atoms with Crippen molar-refractivity contribution in [2.75, 3.05) is 18.5 Å². The van der Waals surface area contributed by atoms with Gasteiger partial charge >= 0.3 is 12.1 Å². The van der Waals surface area contributed by atoms with Crippen LogP contribution in [0.15, 0.2) is 10.9 Å². The molecule has 0 unspecified atom stereocenters. The summed E-state index contributed by atoms with van der Waals surface area (Å²) in [6.07, 6.45) is 0.813. The van der Waals surface area contributed by atoms with Gasteiger partial charge in [-0.3, -0.25) is 10.1 Å². The number of aromatic nitrogens is 2. The van der Waals surface area contributed by atoms with Gasteiger partial charge in [-0.05, 0) is 40.5 Å². The minimum Gasteiger partial charge on any atom is -0.450 e. The number of anilines is 1. The molecule has 0 aromatic carbocycles. The molecule has 0 spiro atoms. The van der Waals surface area contributed by atoms with Crippen molar-refractivity contribution in [2.45, 2.75) is 46.1 Å². The summed E-state index contributed by atoms with van der Waals surface area (Å²) in [5, 5.41) is 7.76. The van der Waals surface area contributed by atoms with Gasteiger partial charge in [0.15, 0.2) is 0 Å². The van der Waals surface area contributed by atoms with E-state index in [0.29, 0.717) is 25.1 Å². The van der Waals surface area contributed by atoms with Gasteiger partial charge in [0.1, 0.15) is 0 Å². The molecule has 0 aliphatic carbocycles. The van der Waals surface area contributed by atoms with Crippen molar-refractivity contribution in [1.29, 1.82) is 0 Å². The number of nitrogens with one attached hydrogen (secondary N) is 4. The zero-order valence-electron chi connectivity index (χ0n) is 14.5. The minimum absolute atomic E-state index is 0.0969. The largest absolute Gasteiger partial charge is 0.450 e. The van der Waals surface area contributed by atoms with E-state index in [2.05, 4.69) is 25.9 Å². The SMILES string of the molecule is Cc1cc(=O)nc(NC(=O)NCCCCOC(=O)NC(C)(C)C)[nH]1. The molecule has 1 aromatic rings. The zero-order valence-corrected chi connectivity index (χ0v) is 14.5. The molecule has 0 atom stereocenters. The van der Waals surface area contributed by atoms with Gasteiger partial charge < -0.3 is 20.4 Å². The quantitative estimate of drug-likeness (QED) is 0.585. The number of hydrogen-bond donors (Lipinski definition) is 4. The van der Waals surface area contributed by atoms with Crippen LogP contribution in [0.4, 0.5) is 15.5 Å². The summed E-state index contributed by atoms with van der Waals surface area (Å²) in [6, 6.07) is 0.869. The first-order chi connectivity index (χ1) is 11.2. The van der Waals surface area contributed by atoms with Crippen molar-refractivity contribution >= 4 is 18.1 Å². The number of ether oxygens (including phenoxy) is 1. The number of urea groups is 1. The number of aromatic amines is 1. The van der Waals surface area contributed by atoms with Gasteiger partial charge in [0.05, 0.1) is 6.61 Å². The smallest absolute Gasteiger partial charge is 0.407 e. The summed E-state index contributed by atoms with van der Waals surface area (Å²) in [7, 11) is 0. The Hall–Kier alpha value is -2.58. The lowest BCUT2D eigenvalue weighted by molar-refractivity contribution is 0.135. The molecule has 0 aliphatic rings. The van der Waals surface area contributed by atoms with E-state index in [0.717, 1.165) is 0 Å². The lowest BCUT2D eigenvalue weighted by atomic mass is 10.1. The van der Waals surface area contributed by atoms with Crippen LogP contribution < -0.4 is 21.5 Å². The number of carbonyl (C=O) groups excluding carboxylic acids is 2. The fourth-order valence-corrected chi connectivity index (χ4v) is 1.73. The summed E-state index contributed by atoms with van der Waals surface area (Å²) in [5.74, 6) is 0.0969. The molecule has 0 aliphatic heterocycles. The molecular weight excluding hydrogens is 314 g/mol. The predicted molar refractivity (Wildman–Crippen MR) is 90.1 cm³/mol. The molecule has 134 valence electrons. The predicted octanol–water partition coefficient (Wildman–Crippen LogP) is 1.50. The van der Waals surface area contributed by atoms with Crippen LogP contribution in [-0.4, -0.2) is 40.8 Å². The number of carbonyl (C=O) groups is 2. The Labute approximate surface area is 140 Å². The van der Waals surface area contributed by atoms with E-state index >= 15 is 0 Å². The highest BCUT2D eigenvalue weighted by Gasteiger charge is 2.14. The van der Waals surface area contributed by atoms with Gasteiger partial charge in [-0.2, -0.15) is 4.98 Å². The number of amides is 3. The molecule has 1 aromatic heterocycles. The van der Waals surface area contributed by atoms with Crippen molar-refractivity contribution in [1.82, 2.24) is 20.6 Å². The number of hydrogen-bond acceptors (Lipinski definition) is 5. The Morgan fingerprint density at radius 1 is 1.29 bits per heavy atom. The second-order valence-electron chi connectivity index (χ2n) is 6.35. The number of unbranched alkanes of at least 4 members (excludes halogenated alkanes) is 1. The van der Waals surface area contributed by atoms with Crippen LogP contribution in [0.2, 0.25) is 0 Å². The maximum absolute atomic E-state index is 11.7. The number of H-pyrrole nitrogens is 1. The summed E-state index contributed by atoms with van der Waals surface area (Å²) in [6.45, 7) is 7.99. The second-order valence-corrected chi connectivity index (χ2v) is 6.35. The van der Waals surface area contributed by atoms with Crippen LogP contribution in [0.25, 0.3) is 0 Å². The third-order valence-electron chi connectivity index (χ3n) is 2.68. The van der Waals surface area contributed by atoms with Gasteiger partial charge in [-0.25, -0.2) is 9.59 Å². The van der Waals surface area contributed by atoms with E-state index in [9.17, 15) is 14.4 Å². The fraction of sp³-hybridized carbons (Fsp3) is 0.600. The third kappa shape index (κ3) is 8.76. The first-order valence-corrected chi connectivity index (χ1v) is 7.73. The van der Waals surface area contributed by atoms with Crippen molar-refractivity contribution in [2.24, 2.45) is 0 Å². The van der Waals surface area contributed by atoms with E-state index in [4.69, 9.17) is 4.74 Å². The summed E-state index contributed by atoms with van der Waals surface area (Å²) in [4.78, 5) is 40.7. The highest BCUT2D eigenvalue weighted by molar-refractivity contribution is 5.87. The van der Waals surface area contributed by atoms with Crippen LogP contribution in [-0.2, 0) is 4.74 Å². The normalized spacial score (nSPS) is 10.8. The van der Waals surface area contributed by atoms with Crippen LogP contribution in [0.1, 0.15) is 39.3 Å². The zero-order chi connectivity index (χ0) is 18.2. The van der Waals surface area contributed by atoms with E-state index < -0.39 is 17.7 Å². The maximum Gasteiger partial charge on any atom is 0.407 e. The van der Waals surface area contributed by atoms with Crippen molar-refractivity contribution in [3.05, 3.63) is 22.1 Å². The monoisotopic (exact) mass is 339 g/mol. The van der Waals surface area contributed by atoms with Crippen molar-refractivity contribution < 1.29 is 14.3 Å². The van der Waals surface area contributed by atoms with Gasteiger partial charge in [0.25, 0.3) is 5.56 Å². The highest BCUT2D eigenvalue weighted by atomic mass is 16.5. The van der Waals surface area contributed by atoms with Gasteiger partial charge in [0.2, 0.25) is 5.95 Å². The van der Waals surface area contributed by atoms with Gasteiger partial charge in [-0.1, -0.05) is 0 Å². The Balaban J connectivity index is 2.16. The average molecular weight is 339 g/mol. The average Bonchev–Trinajstić information content (AvgIpc) is 2.39. The van der Waals surface area contributed by atoms with E-state index in [-0.39, 0.29) is 18.1 Å². The van der Waals surface area contributed by atoms with E-state index in [1.807, 2.05) is 20.8 Å². The van der Waals surface area contributed by atoms with E-state index in [1.54, 1.807) is 6.92 Å². The lowest BCUT2D eigenvalue weighted by Gasteiger charge is -2.19. The Kier molecular flexibility index (Phi) is 7.22. The number of aryl methyl sites for hydroxylation is 1. The lowest BCUT2D eigenvalue weighted by Crippen LogP contribution is -2.41. The van der Waals surface area contributed by atoms with Crippen LogP contribution in [0.5, 0.6) is 0 Å². The van der Waals surface area contributed by atoms with Gasteiger partial charge in [0, 0.05) is 23.8 Å². The molecule has 0 radical (unpaired) electrons. The molecule has 9 heteroatoms. The molecule has 0 bridgehead atoms. The van der Waals surface area contributed by atoms with Crippen molar-refractivity contribution in [3.63, 3.8) is 0 Å². The Morgan fingerprint density at radius 3 is 2.62 bits per heavy atom. The standard InChI is InChI=1S/C15H25N5O4/c1-10-9-11(21)18-12(17-10)19-13(22)16-7-5-6-8-24-14(23)20-15(2,3)4/h9H,5-8H2,1-4H3,(H,20,23)(H3,16,17,18,19,21,22). The molecule has 9 nitrogen and oxygen atoms in total. The summed E-state index contributed by atoms with van der Waals surface area (Å²) >= 11 is 0. The Morgan fingerprint density at radius 2 is 2.00 bits per heavy atom. The second kappa shape index (κ2) is 8.90. The molecule has 1 rings (SSSR count). The van der Waals surface area contributed by atoms with E-state index in [1.165, 1.54) is 6.07 Å². The molecular formula is C15H25N5O4. The first-order valence-electron chi connectivity index (χ1n) is 7.73. The van der Waals surface area contributed by atoms with Crippen molar-refractivity contribution in [3.8, 4) is 0 Å². The number of rotatable bonds is 6. The van der Waals surface area contributed by atoms with Gasteiger partial charge in [-0.15, -0.1) is 0 Å². The molecule has 3 amide bonds.